The molecule has 1 aromatic carbocycles. The number of hydrogen-bond acceptors (Lipinski definition) is 4. The van der Waals surface area contributed by atoms with E-state index in [1.165, 1.54) is 0 Å². The number of fused-ring (bicyclic) bond motifs is 1. The fourth-order valence-electron chi connectivity index (χ4n) is 3.35. The zero-order valence-electron chi connectivity index (χ0n) is 15.3. The molecule has 0 aliphatic carbocycles. The number of methoxy groups -OCH3 is 1. The molecule has 3 heterocycles. The lowest BCUT2D eigenvalue weighted by molar-refractivity contribution is 0.0536. The third-order valence-corrected chi connectivity index (χ3v) is 5.61. The number of piperazine rings is 1. The summed E-state index contributed by atoms with van der Waals surface area (Å²) in [5.41, 5.74) is 1.92. The predicted molar refractivity (Wildman–Crippen MR) is 108 cm³/mol. The van der Waals surface area contributed by atoms with Crippen molar-refractivity contribution in [1.29, 1.82) is 0 Å². The maximum absolute atomic E-state index is 12.9. The third kappa shape index (κ3) is 3.35. The van der Waals surface area contributed by atoms with Crippen LogP contribution in [-0.4, -0.2) is 64.5 Å². The number of aromatic nitrogens is 2. The number of nitrogens with zero attached hydrogens (tertiary/aromatic N) is 4. The Labute approximate surface area is 170 Å². The molecule has 8 heteroatoms. The molecule has 1 aliphatic rings. The summed E-state index contributed by atoms with van der Waals surface area (Å²) in [7, 11) is 1.57. The summed E-state index contributed by atoms with van der Waals surface area (Å²) in [4.78, 5) is 29.3. The van der Waals surface area contributed by atoms with Crippen molar-refractivity contribution in [3.8, 4) is 5.75 Å². The van der Waals surface area contributed by atoms with Crippen molar-refractivity contribution in [3.05, 3.63) is 64.4 Å². The van der Waals surface area contributed by atoms with Gasteiger partial charge >= 0.3 is 0 Å². The van der Waals surface area contributed by atoms with E-state index in [-0.39, 0.29) is 11.8 Å². The van der Waals surface area contributed by atoms with Crippen molar-refractivity contribution in [3.63, 3.8) is 0 Å². The summed E-state index contributed by atoms with van der Waals surface area (Å²) < 4.78 is 7.63. The molecule has 0 radical (unpaired) electrons. The molecule has 1 fully saturated rings. The minimum Gasteiger partial charge on any atom is -0.497 e. The van der Waals surface area contributed by atoms with E-state index < -0.39 is 0 Å². The standard InChI is InChI=1S/C20H19BrN4O3/c1-28-14-5-6-17(21)15(12-14)19(26)23-8-10-24(11-9-23)20(27)16-13-22-25-7-3-2-4-18(16)25/h2-7,12-13H,8-11H2,1H3. The highest BCUT2D eigenvalue weighted by molar-refractivity contribution is 9.10. The molecule has 2 aromatic heterocycles. The number of benzene rings is 1. The average Bonchev–Trinajstić information content (AvgIpc) is 3.17. The van der Waals surface area contributed by atoms with E-state index in [1.807, 2.05) is 24.4 Å². The Bertz CT molecular complexity index is 1040. The number of amides is 2. The van der Waals surface area contributed by atoms with Crippen LogP contribution >= 0.6 is 15.9 Å². The van der Waals surface area contributed by atoms with E-state index in [0.717, 1.165) is 9.99 Å². The van der Waals surface area contributed by atoms with Gasteiger partial charge in [0.1, 0.15) is 5.75 Å². The largest absolute Gasteiger partial charge is 0.497 e. The molecule has 0 saturated carbocycles. The van der Waals surface area contributed by atoms with Gasteiger partial charge in [-0.3, -0.25) is 9.59 Å². The van der Waals surface area contributed by atoms with Crippen molar-refractivity contribution >= 4 is 33.3 Å². The number of carbonyl (C=O) groups excluding carboxylic acids is 2. The molecule has 4 rings (SSSR count). The molecule has 2 amide bonds. The van der Waals surface area contributed by atoms with Gasteiger partial charge in [-0.15, -0.1) is 0 Å². The van der Waals surface area contributed by atoms with Crippen LogP contribution in [0.3, 0.4) is 0 Å². The third-order valence-electron chi connectivity index (χ3n) is 4.91. The molecule has 28 heavy (non-hydrogen) atoms. The summed E-state index contributed by atoms with van der Waals surface area (Å²) in [6.45, 7) is 1.92. The number of halogens is 1. The van der Waals surface area contributed by atoms with Gasteiger partial charge in [0.15, 0.2) is 0 Å². The molecule has 0 bridgehead atoms. The number of pyridine rings is 1. The van der Waals surface area contributed by atoms with Gasteiger partial charge in [-0.25, -0.2) is 4.52 Å². The van der Waals surface area contributed by atoms with Crippen LogP contribution in [0.4, 0.5) is 0 Å². The first-order valence-corrected chi connectivity index (χ1v) is 9.72. The molecule has 0 unspecified atom stereocenters. The van der Waals surface area contributed by atoms with Crippen LogP contribution in [0.5, 0.6) is 5.75 Å². The van der Waals surface area contributed by atoms with Gasteiger partial charge in [-0.1, -0.05) is 6.07 Å². The Morgan fingerprint density at radius 2 is 1.68 bits per heavy atom. The zero-order chi connectivity index (χ0) is 19.7. The number of ether oxygens (including phenoxy) is 1. The van der Waals surface area contributed by atoms with Crippen LogP contribution in [0.25, 0.3) is 5.52 Å². The highest BCUT2D eigenvalue weighted by atomic mass is 79.9. The Morgan fingerprint density at radius 1 is 1.00 bits per heavy atom. The molecule has 144 valence electrons. The minimum absolute atomic E-state index is 0.0594. The lowest BCUT2D eigenvalue weighted by Crippen LogP contribution is -2.50. The van der Waals surface area contributed by atoms with Gasteiger partial charge < -0.3 is 14.5 Å². The normalized spacial score (nSPS) is 14.4. The van der Waals surface area contributed by atoms with Gasteiger partial charge in [-0.2, -0.15) is 5.10 Å². The lowest BCUT2D eigenvalue weighted by atomic mass is 10.1. The van der Waals surface area contributed by atoms with Crippen LogP contribution in [0.2, 0.25) is 0 Å². The second kappa shape index (κ2) is 7.63. The van der Waals surface area contributed by atoms with E-state index >= 15 is 0 Å². The number of hydrogen-bond donors (Lipinski definition) is 0. The second-order valence-corrected chi connectivity index (χ2v) is 7.37. The van der Waals surface area contributed by atoms with Crippen LogP contribution in [0.15, 0.2) is 53.3 Å². The quantitative estimate of drug-likeness (QED) is 0.625. The average molecular weight is 443 g/mol. The Hall–Kier alpha value is -2.87. The predicted octanol–water partition coefficient (Wildman–Crippen LogP) is 2.70. The minimum atomic E-state index is -0.0751. The van der Waals surface area contributed by atoms with Gasteiger partial charge in [0.2, 0.25) is 0 Å². The number of rotatable bonds is 3. The van der Waals surface area contributed by atoms with Crippen molar-refractivity contribution in [2.75, 3.05) is 33.3 Å². The van der Waals surface area contributed by atoms with Crippen molar-refractivity contribution in [1.82, 2.24) is 19.4 Å². The zero-order valence-corrected chi connectivity index (χ0v) is 16.9. The van der Waals surface area contributed by atoms with Crippen molar-refractivity contribution in [2.24, 2.45) is 0 Å². The first kappa shape index (κ1) is 18.5. The van der Waals surface area contributed by atoms with Crippen LogP contribution in [-0.2, 0) is 0 Å². The van der Waals surface area contributed by atoms with E-state index in [0.29, 0.717) is 43.1 Å². The molecular formula is C20H19BrN4O3. The van der Waals surface area contributed by atoms with E-state index in [1.54, 1.807) is 45.8 Å². The summed E-state index contributed by atoms with van der Waals surface area (Å²) in [6, 6.07) is 11.0. The molecule has 0 atom stereocenters. The first-order valence-electron chi connectivity index (χ1n) is 8.93. The molecule has 1 aliphatic heterocycles. The SMILES string of the molecule is COc1ccc(Br)c(C(=O)N2CCN(C(=O)c3cnn4ccccc34)CC2)c1. The highest BCUT2D eigenvalue weighted by Crippen LogP contribution is 2.24. The fraction of sp³-hybridized carbons (Fsp3) is 0.250. The van der Waals surface area contributed by atoms with E-state index in [9.17, 15) is 9.59 Å². The summed E-state index contributed by atoms with van der Waals surface area (Å²) in [5, 5.41) is 4.23. The maximum Gasteiger partial charge on any atom is 0.257 e. The molecule has 1 saturated heterocycles. The topological polar surface area (TPSA) is 67.2 Å². The summed E-state index contributed by atoms with van der Waals surface area (Å²) in [5.74, 6) is 0.498. The van der Waals surface area contributed by atoms with E-state index in [4.69, 9.17) is 4.74 Å². The van der Waals surface area contributed by atoms with Gasteiger partial charge in [0.25, 0.3) is 11.8 Å². The summed E-state index contributed by atoms with van der Waals surface area (Å²) in [6.07, 6.45) is 3.41. The van der Waals surface area contributed by atoms with Crippen molar-refractivity contribution in [2.45, 2.75) is 0 Å². The molecule has 0 N–H and O–H groups in total. The monoisotopic (exact) mass is 442 g/mol. The Balaban J connectivity index is 1.46. The molecule has 3 aromatic rings. The molecular weight excluding hydrogens is 424 g/mol. The van der Waals surface area contributed by atoms with Gasteiger partial charge in [0.05, 0.1) is 30.0 Å². The Morgan fingerprint density at radius 3 is 2.36 bits per heavy atom. The lowest BCUT2D eigenvalue weighted by Gasteiger charge is -2.34. The smallest absolute Gasteiger partial charge is 0.257 e. The second-order valence-electron chi connectivity index (χ2n) is 6.52. The van der Waals surface area contributed by atoms with Crippen LogP contribution < -0.4 is 4.74 Å². The van der Waals surface area contributed by atoms with Crippen molar-refractivity contribution < 1.29 is 14.3 Å². The molecule has 7 nitrogen and oxygen atoms in total. The maximum atomic E-state index is 12.9. The summed E-state index contributed by atoms with van der Waals surface area (Å²) >= 11 is 3.43. The highest BCUT2D eigenvalue weighted by Gasteiger charge is 2.27. The fourth-order valence-corrected chi connectivity index (χ4v) is 3.76. The van der Waals surface area contributed by atoms with Gasteiger partial charge in [0, 0.05) is 36.8 Å². The van der Waals surface area contributed by atoms with Crippen LogP contribution in [0, 0.1) is 0 Å². The first-order chi connectivity index (χ1) is 13.6. The molecule has 0 spiro atoms. The number of carbonyl (C=O) groups is 2. The van der Waals surface area contributed by atoms with Crippen LogP contribution in [0.1, 0.15) is 20.7 Å². The Kier molecular flexibility index (Phi) is 5.04. The van der Waals surface area contributed by atoms with Gasteiger partial charge in [-0.05, 0) is 46.3 Å². The van der Waals surface area contributed by atoms with E-state index in [2.05, 4.69) is 21.0 Å².